The lowest BCUT2D eigenvalue weighted by molar-refractivity contribution is -0.328. The third kappa shape index (κ3) is 2.44. The van der Waals surface area contributed by atoms with Gasteiger partial charge >= 0.3 is 6.36 Å². The van der Waals surface area contributed by atoms with E-state index >= 15 is 0 Å². The van der Waals surface area contributed by atoms with Gasteiger partial charge in [-0.3, -0.25) is 4.84 Å². The van der Waals surface area contributed by atoms with Gasteiger partial charge in [-0.1, -0.05) is 4.85 Å². The van der Waals surface area contributed by atoms with Crippen LogP contribution in [-0.4, -0.2) is 21.5 Å². The molecule has 0 amide bonds. The highest BCUT2D eigenvalue weighted by molar-refractivity contribution is 4.84. The average molecular weight is 167 g/mol. The van der Waals surface area contributed by atoms with Crippen molar-refractivity contribution in [2.45, 2.75) is 13.3 Å². The Morgan fingerprint density at radius 1 is 1.55 bits per heavy atom. The van der Waals surface area contributed by atoms with Crippen LogP contribution in [0.3, 0.4) is 0 Å². The van der Waals surface area contributed by atoms with Crippen LogP contribution in [0.25, 0.3) is 0 Å². The van der Waals surface area contributed by atoms with Gasteiger partial charge in [-0.25, -0.2) is 0 Å². The molecule has 0 unspecified atom stereocenters. The van der Waals surface area contributed by atoms with E-state index in [4.69, 9.17) is 0 Å². The highest BCUT2D eigenvalue weighted by atomic mass is 19.4. The maximum absolute atomic E-state index is 11.4. The van der Waals surface area contributed by atoms with Crippen molar-refractivity contribution < 1.29 is 18.0 Å². The van der Waals surface area contributed by atoms with Crippen molar-refractivity contribution in [2.24, 2.45) is 0 Å². The SMILES string of the molecule is Cc1cn(OC(F)(F)F)nn1. The topological polar surface area (TPSA) is 39.9 Å². The van der Waals surface area contributed by atoms with Crippen LogP contribution in [0.2, 0.25) is 0 Å². The summed E-state index contributed by atoms with van der Waals surface area (Å²) in [6.07, 6.45) is -3.70. The predicted molar refractivity (Wildman–Crippen MR) is 27.4 cm³/mol. The highest BCUT2D eigenvalue weighted by Crippen LogP contribution is 2.11. The van der Waals surface area contributed by atoms with Crippen LogP contribution >= 0.6 is 0 Å². The maximum Gasteiger partial charge on any atom is 0.593 e. The number of aryl methyl sites for hydroxylation is 1. The molecule has 0 aliphatic rings. The molecule has 0 aliphatic heterocycles. The van der Waals surface area contributed by atoms with Gasteiger partial charge in [0.25, 0.3) is 0 Å². The molecule has 1 aromatic heterocycles. The van der Waals surface area contributed by atoms with Crippen molar-refractivity contribution in [1.82, 2.24) is 15.2 Å². The zero-order chi connectivity index (χ0) is 8.48. The molecule has 0 fully saturated rings. The average Bonchev–Trinajstić information content (AvgIpc) is 2.10. The molecule has 7 heteroatoms. The number of nitrogens with zero attached hydrogens (tertiary/aromatic N) is 3. The van der Waals surface area contributed by atoms with Gasteiger partial charge in [-0.2, -0.15) is 0 Å². The van der Waals surface area contributed by atoms with Gasteiger partial charge in [0.1, 0.15) is 0 Å². The molecule has 0 saturated heterocycles. The van der Waals surface area contributed by atoms with Gasteiger partial charge in [0.15, 0.2) is 0 Å². The van der Waals surface area contributed by atoms with Crippen LogP contribution in [0.4, 0.5) is 13.2 Å². The zero-order valence-electron chi connectivity index (χ0n) is 5.46. The second-order valence-electron chi connectivity index (χ2n) is 1.80. The third-order valence-electron chi connectivity index (χ3n) is 0.785. The minimum atomic E-state index is -4.72. The van der Waals surface area contributed by atoms with E-state index in [0.29, 0.717) is 5.69 Å². The van der Waals surface area contributed by atoms with Crippen LogP contribution in [-0.2, 0) is 0 Å². The van der Waals surface area contributed by atoms with Crippen molar-refractivity contribution in [3.8, 4) is 0 Å². The smallest absolute Gasteiger partial charge is 0.294 e. The van der Waals surface area contributed by atoms with Gasteiger partial charge in [-0.15, -0.1) is 18.3 Å². The van der Waals surface area contributed by atoms with E-state index in [1.807, 2.05) is 0 Å². The largest absolute Gasteiger partial charge is 0.593 e. The summed E-state index contributed by atoms with van der Waals surface area (Å²) >= 11 is 0. The second kappa shape index (κ2) is 2.40. The number of alkyl halides is 3. The Morgan fingerprint density at radius 3 is 2.55 bits per heavy atom. The molecule has 4 nitrogen and oxygen atoms in total. The molecule has 0 saturated carbocycles. The minimum absolute atomic E-state index is 0.259. The molecule has 0 atom stereocenters. The summed E-state index contributed by atoms with van der Waals surface area (Å²) in [5, 5.41) is 6.31. The Hall–Kier alpha value is -1.27. The Labute approximate surface area is 59.5 Å². The Bertz CT molecular complexity index is 243. The number of halogens is 3. The fourth-order valence-electron chi connectivity index (χ4n) is 0.477. The van der Waals surface area contributed by atoms with Gasteiger partial charge < -0.3 is 0 Å². The van der Waals surface area contributed by atoms with Gasteiger partial charge in [0.05, 0.1) is 11.9 Å². The predicted octanol–water partition coefficient (Wildman–Crippen LogP) is 0.535. The zero-order valence-corrected chi connectivity index (χ0v) is 5.46. The molecule has 0 radical (unpaired) electrons. The first-order chi connectivity index (χ1) is 4.97. The van der Waals surface area contributed by atoms with E-state index in [1.54, 1.807) is 0 Å². The molecule has 11 heavy (non-hydrogen) atoms. The molecule has 1 rings (SSSR count). The van der Waals surface area contributed by atoms with Gasteiger partial charge in [-0.05, 0) is 12.1 Å². The fourth-order valence-corrected chi connectivity index (χ4v) is 0.477. The standard InChI is InChI=1S/C4H4F3N3O/c1-3-2-10(9-8-3)11-4(5,6)7/h2H,1H3. The fraction of sp³-hybridized carbons (Fsp3) is 0.500. The summed E-state index contributed by atoms with van der Waals surface area (Å²) < 4.78 is 34.3. The maximum atomic E-state index is 11.4. The van der Waals surface area contributed by atoms with Crippen molar-refractivity contribution >= 4 is 0 Å². The van der Waals surface area contributed by atoms with Crippen molar-refractivity contribution in [3.05, 3.63) is 11.9 Å². The van der Waals surface area contributed by atoms with E-state index in [2.05, 4.69) is 15.1 Å². The monoisotopic (exact) mass is 167 g/mol. The van der Waals surface area contributed by atoms with Crippen LogP contribution in [0.5, 0.6) is 0 Å². The lowest BCUT2D eigenvalue weighted by Crippen LogP contribution is -2.27. The molecule has 1 aromatic rings. The van der Waals surface area contributed by atoms with Crippen LogP contribution in [0, 0.1) is 6.92 Å². The van der Waals surface area contributed by atoms with E-state index < -0.39 is 6.36 Å². The summed E-state index contributed by atoms with van der Waals surface area (Å²) in [6, 6.07) is 0. The number of aromatic nitrogens is 3. The van der Waals surface area contributed by atoms with Crippen molar-refractivity contribution in [1.29, 1.82) is 0 Å². The molecule has 0 N–H and O–H groups in total. The molecule has 0 bridgehead atoms. The lowest BCUT2D eigenvalue weighted by Gasteiger charge is -2.04. The van der Waals surface area contributed by atoms with E-state index in [-0.39, 0.29) is 4.85 Å². The first-order valence-electron chi connectivity index (χ1n) is 2.62. The molecule has 0 aromatic carbocycles. The van der Waals surface area contributed by atoms with E-state index in [0.717, 1.165) is 6.20 Å². The lowest BCUT2D eigenvalue weighted by atomic mass is 10.6. The Kier molecular flexibility index (Phi) is 1.71. The van der Waals surface area contributed by atoms with Crippen molar-refractivity contribution in [3.63, 3.8) is 0 Å². The van der Waals surface area contributed by atoms with Gasteiger partial charge in [0.2, 0.25) is 0 Å². The quantitative estimate of drug-likeness (QED) is 0.612. The molecule has 0 spiro atoms. The third-order valence-corrected chi connectivity index (χ3v) is 0.785. The normalized spacial score (nSPS) is 11.6. The molecular weight excluding hydrogens is 163 g/mol. The van der Waals surface area contributed by atoms with Crippen LogP contribution in [0.15, 0.2) is 6.20 Å². The Balaban J connectivity index is 2.65. The number of hydrogen-bond donors (Lipinski definition) is 0. The summed E-state index contributed by atoms with van der Waals surface area (Å²) in [4.78, 5) is 3.62. The second-order valence-corrected chi connectivity index (χ2v) is 1.80. The summed E-state index contributed by atoms with van der Waals surface area (Å²) in [7, 11) is 0. The van der Waals surface area contributed by atoms with Crippen LogP contribution in [0.1, 0.15) is 5.69 Å². The summed E-state index contributed by atoms with van der Waals surface area (Å²) in [5.74, 6) is 0. The first-order valence-corrected chi connectivity index (χ1v) is 2.62. The van der Waals surface area contributed by atoms with Gasteiger partial charge in [0, 0.05) is 0 Å². The first kappa shape index (κ1) is 7.83. The molecule has 0 aliphatic carbocycles. The van der Waals surface area contributed by atoms with E-state index in [9.17, 15) is 13.2 Å². The van der Waals surface area contributed by atoms with Crippen molar-refractivity contribution in [2.75, 3.05) is 0 Å². The Morgan fingerprint density at radius 2 is 2.18 bits per heavy atom. The summed E-state index contributed by atoms with van der Waals surface area (Å²) in [5.41, 5.74) is 0.356. The minimum Gasteiger partial charge on any atom is -0.294 e. The molecular formula is C4H4F3N3O. The number of hydrogen-bond acceptors (Lipinski definition) is 3. The molecule has 1 heterocycles. The highest BCUT2D eigenvalue weighted by Gasteiger charge is 2.32. The van der Waals surface area contributed by atoms with E-state index in [1.165, 1.54) is 6.92 Å². The summed E-state index contributed by atoms with van der Waals surface area (Å²) in [6.45, 7) is 1.50. The van der Waals surface area contributed by atoms with Crippen LogP contribution < -0.4 is 4.84 Å². The number of rotatable bonds is 1. The molecule has 62 valence electrons.